The number of hydrogen-bond donors (Lipinski definition) is 0. The Morgan fingerprint density at radius 3 is 2.50 bits per heavy atom. The van der Waals surface area contributed by atoms with Crippen LogP contribution in [-0.4, -0.2) is 17.4 Å². The smallest absolute Gasteiger partial charge is 0.306 e. The molecule has 0 amide bonds. The molecule has 0 aromatic rings. The minimum Gasteiger partial charge on any atom is -0.458 e. The molecular formula is C25H32O3. The van der Waals surface area contributed by atoms with Crippen molar-refractivity contribution in [2.45, 2.75) is 83.7 Å². The zero-order chi connectivity index (χ0) is 19.1. The quantitative estimate of drug-likeness (QED) is 0.565. The highest BCUT2D eigenvalue weighted by atomic mass is 16.6. The highest BCUT2D eigenvalue weighted by Gasteiger charge is 2.73. The largest absolute Gasteiger partial charge is 0.458 e. The average molecular weight is 381 g/mol. The van der Waals surface area contributed by atoms with E-state index in [4.69, 9.17) is 4.74 Å². The second kappa shape index (κ2) is 4.62. The van der Waals surface area contributed by atoms with Crippen LogP contribution in [0.3, 0.4) is 0 Å². The molecular weight excluding hydrogens is 348 g/mol. The second-order valence-electron chi connectivity index (χ2n) is 12.1. The number of allylic oxidation sites excluding steroid dienone is 1. The van der Waals surface area contributed by atoms with Crippen LogP contribution in [0.15, 0.2) is 11.6 Å². The summed E-state index contributed by atoms with van der Waals surface area (Å²) >= 11 is 0. The SMILES string of the molecule is C[C@]12CC3(CC3)C(=O)C=C1[C@H]1CC1C1C2CC[C@@]2(C)C1CC[C@@]21CCC(=O)O1. The molecule has 3 nitrogen and oxygen atoms in total. The lowest BCUT2D eigenvalue weighted by atomic mass is 9.45. The zero-order valence-corrected chi connectivity index (χ0v) is 17.3. The van der Waals surface area contributed by atoms with E-state index in [2.05, 4.69) is 19.9 Å². The van der Waals surface area contributed by atoms with Crippen molar-refractivity contribution in [3.05, 3.63) is 11.6 Å². The lowest BCUT2D eigenvalue weighted by molar-refractivity contribution is -0.169. The van der Waals surface area contributed by atoms with E-state index >= 15 is 0 Å². The Kier molecular flexibility index (Phi) is 2.75. The summed E-state index contributed by atoms with van der Waals surface area (Å²) in [5.74, 6) is 4.20. The molecule has 6 fully saturated rings. The third kappa shape index (κ3) is 1.68. The Morgan fingerprint density at radius 1 is 1.00 bits per heavy atom. The maximum absolute atomic E-state index is 12.8. The van der Waals surface area contributed by atoms with E-state index in [1.54, 1.807) is 5.57 Å². The van der Waals surface area contributed by atoms with E-state index in [1.807, 2.05) is 0 Å². The van der Waals surface area contributed by atoms with Gasteiger partial charge in [-0.2, -0.15) is 0 Å². The highest BCUT2D eigenvalue weighted by molar-refractivity contribution is 5.99. The highest BCUT2D eigenvalue weighted by Crippen LogP contribution is 2.77. The normalized spacial score (nSPS) is 57.2. The molecule has 0 radical (unpaired) electrons. The van der Waals surface area contributed by atoms with Gasteiger partial charge in [0.2, 0.25) is 0 Å². The molecule has 4 unspecified atom stereocenters. The monoisotopic (exact) mass is 380 g/mol. The second-order valence-corrected chi connectivity index (χ2v) is 12.1. The van der Waals surface area contributed by atoms with Crippen molar-refractivity contribution >= 4 is 11.8 Å². The number of esters is 1. The van der Waals surface area contributed by atoms with E-state index in [0.29, 0.717) is 24.0 Å². The molecule has 8 atom stereocenters. The van der Waals surface area contributed by atoms with Gasteiger partial charge < -0.3 is 4.74 Å². The molecule has 1 aliphatic heterocycles. The summed E-state index contributed by atoms with van der Waals surface area (Å²) in [6.45, 7) is 5.00. The van der Waals surface area contributed by atoms with Crippen LogP contribution in [0.25, 0.3) is 0 Å². The fourth-order valence-electron chi connectivity index (χ4n) is 9.63. The number of carbonyl (C=O) groups excluding carboxylic acids is 2. The molecule has 3 heteroatoms. The number of rotatable bonds is 0. The molecule has 6 aliphatic carbocycles. The number of ether oxygens (including phenoxy) is 1. The van der Waals surface area contributed by atoms with Gasteiger partial charge in [0.1, 0.15) is 5.60 Å². The number of hydrogen-bond acceptors (Lipinski definition) is 3. The molecule has 1 saturated heterocycles. The predicted molar refractivity (Wildman–Crippen MR) is 104 cm³/mol. The Morgan fingerprint density at radius 2 is 1.79 bits per heavy atom. The van der Waals surface area contributed by atoms with E-state index in [1.165, 1.54) is 25.7 Å². The van der Waals surface area contributed by atoms with Gasteiger partial charge in [-0.15, -0.1) is 0 Å². The first kappa shape index (κ1) is 16.7. The van der Waals surface area contributed by atoms with Gasteiger partial charge >= 0.3 is 5.97 Å². The average Bonchev–Trinajstić information content (AvgIpc) is 3.55. The zero-order valence-electron chi connectivity index (χ0n) is 17.3. The van der Waals surface area contributed by atoms with Crippen molar-refractivity contribution in [1.82, 2.24) is 0 Å². The van der Waals surface area contributed by atoms with E-state index in [0.717, 1.165) is 49.9 Å². The Hall–Kier alpha value is -1.12. The molecule has 0 aromatic carbocycles. The van der Waals surface area contributed by atoms with Crippen LogP contribution >= 0.6 is 0 Å². The lowest BCUT2D eigenvalue weighted by Gasteiger charge is -2.59. The van der Waals surface area contributed by atoms with Crippen LogP contribution in [0.2, 0.25) is 0 Å². The molecule has 0 N–H and O–H groups in total. The van der Waals surface area contributed by atoms with Crippen LogP contribution in [0, 0.1) is 45.8 Å². The summed E-state index contributed by atoms with van der Waals surface area (Å²) in [6, 6.07) is 0. The van der Waals surface area contributed by atoms with Gasteiger partial charge in [0.05, 0.1) is 0 Å². The van der Waals surface area contributed by atoms with Crippen LogP contribution in [0.4, 0.5) is 0 Å². The van der Waals surface area contributed by atoms with Crippen molar-refractivity contribution in [3.8, 4) is 0 Å². The molecule has 0 bridgehead atoms. The predicted octanol–water partition coefficient (Wildman–Crippen LogP) is 4.84. The fourth-order valence-corrected chi connectivity index (χ4v) is 9.63. The number of carbonyl (C=O) groups is 2. The van der Waals surface area contributed by atoms with Gasteiger partial charge in [-0.05, 0) is 98.9 Å². The van der Waals surface area contributed by atoms with Crippen molar-refractivity contribution in [1.29, 1.82) is 0 Å². The Bertz CT molecular complexity index is 852. The lowest BCUT2D eigenvalue weighted by Crippen LogP contribution is -2.56. The number of fused-ring (bicyclic) bond motifs is 9. The van der Waals surface area contributed by atoms with Gasteiger partial charge in [-0.25, -0.2) is 0 Å². The van der Waals surface area contributed by atoms with Gasteiger partial charge in [0.25, 0.3) is 0 Å². The van der Waals surface area contributed by atoms with Crippen LogP contribution in [0.5, 0.6) is 0 Å². The maximum Gasteiger partial charge on any atom is 0.306 e. The molecule has 7 rings (SSSR count). The first-order valence-corrected chi connectivity index (χ1v) is 11.8. The van der Waals surface area contributed by atoms with Crippen molar-refractivity contribution < 1.29 is 14.3 Å². The van der Waals surface area contributed by atoms with Crippen molar-refractivity contribution in [2.75, 3.05) is 0 Å². The minimum atomic E-state index is -0.165. The maximum atomic E-state index is 12.8. The molecule has 5 saturated carbocycles. The van der Waals surface area contributed by atoms with Crippen molar-refractivity contribution in [2.24, 2.45) is 45.8 Å². The fraction of sp³-hybridized carbons (Fsp3) is 0.840. The van der Waals surface area contributed by atoms with Crippen LogP contribution < -0.4 is 0 Å². The topological polar surface area (TPSA) is 43.4 Å². The third-order valence-electron chi connectivity index (χ3n) is 11.2. The van der Waals surface area contributed by atoms with Gasteiger partial charge in [-0.1, -0.05) is 19.4 Å². The van der Waals surface area contributed by atoms with E-state index in [9.17, 15) is 9.59 Å². The first-order valence-electron chi connectivity index (χ1n) is 11.8. The van der Waals surface area contributed by atoms with E-state index < -0.39 is 0 Å². The Labute approximate surface area is 167 Å². The van der Waals surface area contributed by atoms with Gasteiger partial charge in [-0.3, -0.25) is 9.59 Å². The van der Waals surface area contributed by atoms with Gasteiger partial charge in [0.15, 0.2) is 5.78 Å². The summed E-state index contributed by atoms with van der Waals surface area (Å²) < 4.78 is 6.10. The molecule has 150 valence electrons. The summed E-state index contributed by atoms with van der Waals surface area (Å²) in [5.41, 5.74) is 1.82. The van der Waals surface area contributed by atoms with E-state index in [-0.39, 0.29) is 27.8 Å². The summed E-state index contributed by atoms with van der Waals surface area (Å²) in [6.07, 6.45) is 13.2. The molecule has 1 heterocycles. The molecule has 28 heavy (non-hydrogen) atoms. The Balaban J connectivity index is 1.30. The number of ketones is 1. The summed E-state index contributed by atoms with van der Waals surface area (Å²) in [4.78, 5) is 24.9. The molecule has 2 spiro atoms. The van der Waals surface area contributed by atoms with Crippen LogP contribution in [-0.2, 0) is 14.3 Å². The standard InChI is InChI=1S/C25H32O3/c1-22-13-24(9-10-24)19(26)12-18(22)14-11-15(14)21-16(22)3-6-23(2)17(21)4-7-25(23)8-5-20(27)28-25/h12,14-17,21H,3-11,13H2,1-2H3/t14-,15?,16?,17?,21?,22+,23-,25+/m0/s1. The minimum absolute atomic E-state index is 0.0170. The molecule has 7 aliphatic rings. The summed E-state index contributed by atoms with van der Waals surface area (Å²) in [7, 11) is 0. The summed E-state index contributed by atoms with van der Waals surface area (Å²) in [5, 5.41) is 0. The van der Waals surface area contributed by atoms with Crippen LogP contribution in [0.1, 0.15) is 78.1 Å². The van der Waals surface area contributed by atoms with Crippen molar-refractivity contribution in [3.63, 3.8) is 0 Å². The first-order chi connectivity index (χ1) is 13.3. The van der Waals surface area contributed by atoms with Gasteiger partial charge in [0, 0.05) is 17.3 Å². The molecule has 0 aromatic heterocycles. The third-order valence-corrected chi connectivity index (χ3v) is 11.2.